The molecule has 0 spiro atoms. The van der Waals surface area contributed by atoms with E-state index in [-0.39, 0.29) is 28.2 Å². The Labute approximate surface area is 227 Å². The normalized spacial score (nSPS) is 19.6. The molecule has 1 atom stereocenters. The molecule has 1 aliphatic carbocycles. The lowest BCUT2D eigenvalue weighted by Gasteiger charge is -2.21. The van der Waals surface area contributed by atoms with Crippen LogP contribution < -0.4 is 9.21 Å². The zero-order chi connectivity index (χ0) is 26.7. The molecule has 38 heavy (non-hydrogen) atoms. The summed E-state index contributed by atoms with van der Waals surface area (Å²) in [7, 11) is -7.55. The topological polar surface area (TPSA) is 104 Å². The molecule has 3 heterocycles. The summed E-state index contributed by atoms with van der Waals surface area (Å²) in [5, 5.41) is 0.435. The molecule has 2 aliphatic heterocycles. The molecule has 1 unspecified atom stereocenters. The molecule has 3 aromatic rings. The number of rotatable bonds is 5. The lowest BCUT2D eigenvalue weighted by Crippen LogP contribution is -2.34. The van der Waals surface area contributed by atoms with Crippen molar-refractivity contribution < 1.29 is 16.8 Å². The van der Waals surface area contributed by atoms with E-state index in [1.54, 1.807) is 29.2 Å². The maximum absolute atomic E-state index is 13.7. The van der Waals surface area contributed by atoms with Gasteiger partial charge in [-0.3, -0.25) is 0 Å². The van der Waals surface area contributed by atoms with Crippen LogP contribution in [0.25, 0.3) is 6.08 Å². The highest BCUT2D eigenvalue weighted by atomic mass is 35.5. The van der Waals surface area contributed by atoms with Gasteiger partial charge in [-0.1, -0.05) is 24.6 Å². The van der Waals surface area contributed by atoms with Gasteiger partial charge < -0.3 is 4.90 Å². The fourth-order valence-electron chi connectivity index (χ4n) is 4.99. The molecule has 198 valence electrons. The number of sulfonamides is 2. The minimum absolute atomic E-state index is 0.0549. The van der Waals surface area contributed by atoms with Crippen molar-refractivity contribution in [2.75, 3.05) is 29.0 Å². The quantitative estimate of drug-likeness (QED) is 0.446. The van der Waals surface area contributed by atoms with Gasteiger partial charge in [-0.25, -0.2) is 31.1 Å². The van der Waals surface area contributed by atoms with Crippen molar-refractivity contribution in [3.63, 3.8) is 0 Å². The van der Waals surface area contributed by atoms with Gasteiger partial charge in [-0.2, -0.15) is 4.31 Å². The number of benzene rings is 2. The average molecular weight is 572 g/mol. The second-order valence-corrected chi connectivity index (χ2v) is 14.0. The third-order valence-electron chi connectivity index (χ3n) is 7.08. The number of aromatic nitrogens is 2. The summed E-state index contributed by atoms with van der Waals surface area (Å²) in [6.45, 7) is 3.08. The van der Waals surface area contributed by atoms with E-state index in [1.165, 1.54) is 32.9 Å². The van der Waals surface area contributed by atoms with E-state index in [0.29, 0.717) is 41.7 Å². The lowest BCUT2D eigenvalue weighted by atomic mass is 9.98. The molecule has 1 saturated heterocycles. The van der Waals surface area contributed by atoms with Crippen LogP contribution in [0.5, 0.6) is 0 Å². The van der Waals surface area contributed by atoms with Crippen LogP contribution in [0, 0.1) is 5.92 Å². The molecule has 1 fully saturated rings. The molecule has 0 amide bonds. The van der Waals surface area contributed by atoms with Gasteiger partial charge in [0.25, 0.3) is 10.0 Å². The molecule has 0 bridgehead atoms. The second kappa shape index (κ2) is 9.33. The highest BCUT2D eigenvalue weighted by molar-refractivity contribution is 7.92. The van der Waals surface area contributed by atoms with Crippen molar-refractivity contribution >= 4 is 55.0 Å². The third kappa shape index (κ3) is 4.27. The van der Waals surface area contributed by atoms with Crippen molar-refractivity contribution in [2.24, 2.45) is 5.92 Å². The molecule has 2 aromatic carbocycles. The summed E-state index contributed by atoms with van der Waals surface area (Å²) in [5.74, 6) is 0.930. The minimum atomic E-state index is -3.99. The van der Waals surface area contributed by atoms with Gasteiger partial charge in [0.15, 0.2) is 11.6 Å². The Kier molecular flexibility index (Phi) is 6.21. The highest BCUT2D eigenvalue weighted by Gasteiger charge is 2.39. The van der Waals surface area contributed by atoms with Crippen LogP contribution in [-0.2, 0) is 26.5 Å². The third-order valence-corrected chi connectivity index (χ3v) is 11.0. The largest absolute Gasteiger partial charge is 0.304 e. The fraction of sp³-hybridized carbons (Fsp3) is 0.308. The number of nitrogens with zero attached hydrogens (tertiary/aromatic N) is 5. The molecule has 0 N–H and O–H groups in total. The predicted octanol–water partition coefficient (Wildman–Crippen LogP) is 4.42. The molecule has 0 saturated carbocycles. The summed E-state index contributed by atoms with van der Waals surface area (Å²) in [5.41, 5.74) is 2.06. The van der Waals surface area contributed by atoms with E-state index >= 15 is 0 Å². The SMILES string of the molecule is CC1C=Cc2nc3c(nc2C1)N(c1ccc(S(=O)(=O)N2CCCC2)cc1)CN3S(=O)(=O)c1ccc(Cl)cc1. The Morgan fingerprint density at radius 2 is 1.47 bits per heavy atom. The van der Waals surface area contributed by atoms with Crippen molar-refractivity contribution in [1.29, 1.82) is 0 Å². The first-order valence-corrected chi connectivity index (χ1v) is 15.7. The van der Waals surface area contributed by atoms with E-state index in [0.717, 1.165) is 18.5 Å². The molecular weight excluding hydrogens is 546 g/mol. The Hall–Kier alpha value is -2.99. The summed E-state index contributed by atoms with van der Waals surface area (Å²) in [6.07, 6.45) is 6.32. The molecule has 9 nitrogen and oxygen atoms in total. The summed E-state index contributed by atoms with van der Waals surface area (Å²) >= 11 is 5.99. The molecular formula is C26H26ClN5O4S2. The first-order valence-electron chi connectivity index (χ1n) is 12.4. The maximum atomic E-state index is 13.7. The van der Waals surface area contributed by atoms with Crippen LogP contribution in [0.3, 0.4) is 0 Å². The van der Waals surface area contributed by atoms with Crippen LogP contribution in [0.15, 0.2) is 64.4 Å². The minimum Gasteiger partial charge on any atom is -0.304 e. The van der Waals surface area contributed by atoms with E-state index < -0.39 is 20.0 Å². The Morgan fingerprint density at radius 3 is 2.16 bits per heavy atom. The second-order valence-electron chi connectivity index (χ2n) is 9.73. The van der Waals surface area contributed by atoms with Crippen molar-refractivity contribution in [3.8, 4) is 0 Å². The smallest absolute Gasteiger partial charge is 0.267 e. The molecule has 0 radical (unpaired) electrons. The first kappa shape index (κ1) is 25.3. The van der Waals surface area contributed by atoms with E-state index in [9.17, 15) is 16.8 Å². The van der Waals surface area contributed by atoms with Gasteiger partial charge in [0.05, 0.1) is 21.2 Å². The monoisotopic (exact) mass is 571 g/mol. The zero-order valence-corrected chi connectivity index (χ0v) is 23.0. The number of hydrogen-bond acceptors (Lipinski definition) is 7. The summed E-state index contributed by atoms with van der Waals surface area (Å²) in [4.78, 5) is 11.7. The molecule has 6 rings (SSSR count). The van der Waals surface area contributed by atoms with Crippen LogP contribution in [0.2, 0.25) is 5.02 Å². The van der Waals surface area contributed by atoms with Crippen molar-refractivity contribution in [2.45, 2.75) is 36.0 Å². The van der Waals surface area contributed by atoms with Crippen molar-refractivity contribution in [1.82, 2.24) is 14.3 Å². The van der Waals surface area contributed by atoms with Gasteiger partial charge in [-0.15, -0.1) is 0 Å². The molecule has 1 aromatic heterocycles. The fourth-order valence-corrected chi connectivity index (χ4v) is 7.98. The van der Waals surface area contributed by atoms with Gasteiger partial charge >= 0.3 is 0 Å². The standard InChI is InChI=1S/C26H26ClN5O4S2/c1-18-4-13-23-24(16-18)29-25-26(28-23)32(38(35,36)22-9-5-19(27)6-10-22)17-31(25)20-7-11-21(12-8-20)37(33,34)30-14-2-3-15-30/h4-13,18H,2-3,14-17H2,1H3. The van der Waals surface area contributed by atoms with E-state index in [4.69, 9.17) is 21.6 Å². The summed E-state index contributed by atoms with van der Waals surface area (Å²) < 4.78 is 56.2. The van der Waals surface area contributed by atoms with Crippen LogP contribution in [0.4, 0.5) is 17.3 Å². The first-order chi connectivity index (χ1) is 18.1. The number of allylic oxidation sites excluding steroid dienone is 1. The Balaban J connectivity index is 1.42. The van der Waals surface area contributed by atoms with Crippen molar-refractivity contribution in [3.05, 3.63) is 71.0 Å². The number of anilines is 3. The van der Waals surface area contributed by atoms with Gasteiger partial charge in [0, 0.05) is 23.8 Å². The number of hydrogen-bond donors (Lipinski definition) is 0. The van der Waals surface area contributed by atoms with E-state index in [2.05, 4.69) is 6.92 Å². The van der Waals surface area contributed by atoms with Gasteiger partial charge in [-0.05, 0) is 79.8 Å². The summed E-state index contributed by atoms with van der Waals surface area (Å²) in [6, 6.07) is 12.5. The lowest BCUT2D eigenvalue weighted by molar-refractivity contribution is 0.477. The van der Waals surface area contributed by atoms with Crippen LogP contribution in [-0.4, -0.2) is 50.9 Å². The van der Waals surface area contributed by atoms with E-state index in [1.807, 2.05) is 12.2 Å². The number of fused-ring (bicyclic) bond motifs is 2. The highest BCUT2D eigenvalue weighted by Crippen LogP contribution is 2.42. The predicted molar refractivity (Wildman–Crippen MR) is 146 cm³/mol. The Morgan fingerprint density at radius 1 is 0.842 bits per heavy atom. The van der Waals surface area contributed by atoms with Crippen LogP contribution in [0.1, 0.15) is 31.2 Å². The zero-order valence-electron chi connectivity index (χ0n) is 20.7. The van der Waals surface area contributed by atoms with Gasteiger partial charge in [0.1, 0.15) is 6.67 Å². The number of halogens is 1. The average Bonchev–Trinajstić information content (AvgIpc) is 3.57. The van der Waals surface area contributed by atoms with Crippen LogP contribution >= 0.6 is 11.6 Å². The maximum Gasteiger partial charge on any atom is 0.267 e. The van der Waals surface area contributed by atoms with Gasteiger partial charge in [0.2, 0.25) is 10.0 Å². The molecule has 3 aliphatic rings. The molecule has 12 heteroatoms. The Bertz CT molecular complexity index is 1640.